The van der Waals surface area contributed by atoms with E-state index in [1.165, 1.54) is 56.7 Å². The topological polar surface area (TPSA) is 186 Å². The maximum Gasteiger partial charge on any atom is 0.321 e. The Kier molecular flexibility index (Phi) is 13.3. The fourth-order valence-corrected chi connectivity index (χ4v) is 7.80. The third kappa shape index (κ3) is 10.1. The predicted molar refractivity (Wildman–Crippen MR) is 192 cm³/mol. The van der Waals surface area contributed by atoms with Crippen molar-refractivity contribution in [2.75, 3.05) is 26.2 Å². The number of nitro groups is 1. The molecule has 15 heteroatoms. The van der Waals surface area contributed by atoms with Crippen molar-refractivity contribution in [1.29, 1.82) is 0 Å². The van der Waals surface area contributed by atoms with E-state index in [1.54, 1.807) is 12.1 Å². The Morgan fingerprint density at radius 1 is 1.00 bits per heavy atom. The summed E-state index contributed by atoms with van der Waals surface area (Å²) in [7, 11) is -4.09. The zero-order valence-electron chi connectivity index (χ0n) is 29.2. The van der Waals surface area contributed by atoms with Crippen LogP contribution in [0.2, 0.25) is 0 Å². The van der Waals surface area contributed by atoms with E-state index in [9.17, 15) is 33.2 Å². The number of carbonyl (C=O) groups is 2. The summed E-state index contributed by atoms with van der Waals surface area (Å²) in [4.78, 5) is 41.5. The number of carbonyl (C=O) groups excluding carboxylic acids is 2. The predicted octanol–water partition coefficient (Wildman–Crippen LogP) is 4.10. The number of nitrogens with zero attached hydrogens (tertiary/aromatic N) is 5. The zero-order chi connectivity index (χ0) is 37.3. The van der Waals surface area contributed by atoms with Gasteiger partial charge in [-0.15, -0.1) is 0 Å². The van der Waals surface area contributed by atoms with Gasteiger partial charge in [-0.2, -0.15) is 4.31 Å². The third-order valence-electron chi connectivity index (χ3n) is 8.63. The number of hydrogen-bond acceptors (Lipinski definition) is 9. The lowest BCUT2D eigenvalue weighted by molar-refractivity contribution is -0.384. The van der Waals surface area contributed by atoms with Crippen LogP contribution in [0.15, 0.2) is 88.9 Å². The van der Waals surface area contributed by atoms with E-state index in [4.69, 9.17) is 5.21 Å². The fraction of sp³-hybridized carbons (Fsp3) is 0.417. The smallest absolute Gasteiger partial charge is 0.321 e. The second kappa shape index (κ2) is 17.4. The molecule has 1 heterocycles. The molecule has 0 radical (unpaired) electrons. The molecular formula is C36H46N6O8S. The molecule has 1 aliphatic heterocycles. The summed E-state index contributed by atoms with van der Waals surface area (Å²) in [5.74, 6) is -0.903. The molecule has 3 aromatic carbocycles. The summed E-state index contributed by atoms with van der Waals surface area (Å²) in [6, 6.07) is 18.9. The molecule has 0 saturated carbocycles. The van der Waals surface area contributed by atoms with Crippen molar-refractivity contribution in [2.24, 2.45) is 17.0 Å². The van der Waals surface area contributed by atoms with Crippen LogP contribution in [-0.2, 0) is 27.8 Å². The van der Waals surface area contributed by atoms with Crippen LogP contribution >= 0.6 is 0 Å². The van der Waals surface area contributed by atoms with Gasteiger partial charge in [-0.25, -0.2) is 13.2 Å². The summed E-state index contributed by atoms with van der Waals surface area (Å²) in [6.07, 6.45) is 0.0320. The number of urea groups is 1. The minimum Gasteiger partial charge on any atom is -0.411 e. The van der Waals surface area contributed by atoms with Gasteiger partial charge >= 0.3 is 6.03 Å². The first-order chi connectivity index (χ1) is 24.2. The van der Waals surface area contributed by atoms with E-state index in [2.05, 4.69) is 10.5 Å². The van der Waals surface area contributed by atoms with Gasteiger partial charge in [0.05, 0.1) is 28.2 Å². The van der Waals surface area contributed by atoms with Gasteiger partial charge in [0.25, 0.3) is 5.69 Å². The van der Waals surface area contributed by atoms with Crippen LogP contribution in [0.25, 0.3) is 0 Å². The van der Waals surface area contributed by atoms with Crippen molar-refractivity contribution in [3.05, 3.63) is 106 Å². The average Bonchev–Trinajstić information content (AvgIpc) is 3.43. The van der Waals surface area contributed by atoms with E-state index < -0.39 is 39.0 Å². The number of aliphatic hydroxyl groups excluding tert-OH is 1. The molecule has 3 aromatic rings. The summed E-state index contributed by atoms with van der Waals surface area (Å²) < 4.78 is 28.9. The molecule has 0 bridgehead atoms. The van der Waals surface area contributed by atoms with Gasteiger partial charge in [0.15, 0.2) is 0 Å². The molecule has 1 saturated heterocycles. The second-order valence-corrected chi connectivity index (χ2v) is 15.4. The van der Waals surface area contributed by atoms with E-state index >= 15 is 0 Å². The quantitative estimate of drug-likeness (QED) is 0.0805. The molecule has 0 spiro atoms. The molecule has 3 atom stereocenters. The number of sulfonamides is 1. The van der Waals surface area contributed by atoms with E-state index in [-0.39, 0.29) is 61.0 Å². The van der Waals surface area contributed by atoms with Crippen LogP contribution in [0.4, 0.5) is 10.5 Å². The fourth-order valence-electron chi connectivity index (χ4n) is 6.17. The van der Waals surface area contributed by atoms with Crippen LogP contribution < -0.4 is 5.32 Å². The van der Waals surface area contributed by atoms with Gasteiger partial charge in [-0.1, -0.05) is 87.4 Å². The normalized spacial score (nSPS) is 15.6. The Morgan fingerprint density at radius 2 is 1.67 bits per heavy atom. The summed E-state index contributed by atoms with van der Waals surface area (Å²) in [6.45, 7) is 7.84. The van der Waals surface area contributed by atoms with Crippen LogP contribution in [0, 0.1) is 22.0 Å². The van der Waals surface area contributed by atoms with Gasteiger partial charge in [-0.05, 0) is 47.1 Å². The Balaban J connectivity index is 1.57. The van der Waals surface area contributed by atoms with Gasteiger partial charge in [0.1, 0.15) is 6.04 Å². The SMILES string of the molecule is CC(C)CN(C[C@@H](O)[C@H](Cc1ccccc1)NC(=O)[C@H](C(C)C)N1CCN(Cc2cccc([N+](=O)[O-])c2)C1=O)S(=O)(=O)c1ccc(C=NO)cc1. The highest BCUT2D eigenvalue weighted by Crippen LogP contribution is 2.24. The number of oxime groups is 1. The number of nitrogens with one attached hydrogen (secondary N) is 1. The van der Waals surface area contributed by atoms with Crippen molar-refractivity contribution in [2.45, 2.75) is 63.7 Å². The van der Waals surface area contributed by atoms with Crippen molar-refractivity contribution in [3.63, 3.8) is 0 Å². The first-order valence-corrected chi connectivity index (χ1v) is 18.2. The van der Waals surface area contributed by atoms with E-state index in [0.717, 1.165) is 5.56 Å². The molecule has 14 nitrogen and oxygen atoms in total. The maximum absolute atomic E-state index is 14.1. The lowest BCUT2D eigenvalue weighted by Gasteiger charge is -2.34. The Hall–Kier alpha value is -4.86. The van der Waals surface area contributed by atoms with Gasteiger partial charge < -0.3 is 25.4 Å². The Bertz CT molecular complexity index is 1790. The molecule has 1 aliphatic rings. The highest BCUT2D eigenvalue weighted by Gasteiger charge is 2.40. The summed E-state index contributed by atoms with van der Waals surface area (Å²) >= 11 is 0. The highest BCUT2D eigenvalue weighted by molar-refractivity contribution is 7.89. The lowest BCUT2D eigenvalue weighted by Crippen LogP contribution is -2.57. The molecular weight excluding hydrogens is 676 g/mol. The van der Waals surface area contributed by atoms with Crippen LogP contribution in [-0.4, -0.2) is 100 Å². The van der Waals surface area contributed by atoms with Crippen molar-refractivity contribution < 1.29 is 33.2 Å². The molecule has 3 amide bonds. The summed E-state index contributed by atoms with van der Waals surface area (Å²) in [5.41, 5.74) is 1.82. The molecule has 0 unspecified atom stereocenters. The number of non-ortho nitro benzene ring substituents is 1. The molecule has 1 fully saturated rings. The molecule has 4 rings (SSSR count). The van der Waals surface area contributed by atoms with Crippen LogP contribution in [0.5, 0.6) is 0 Å². The largest absolute Gasteiger partial charge is 0.411 e. The van der Waals surface area contributed by atoms with Crippen LogP contribution in [0.3, 0.4) is 0 Å². The number of hydrogen-bond donors (Lipinski definition) is 3. The summed E-state index contributed by atoms with van der Waals surface area (Å²) in [5, 5.41) is 37.8. The Labute approximate surface area is 298 Å². The second-order valence-electron chi connectivity index (χ2n) is 13.4. The minimum atomic E-state index is -4.09. The number of amides is 3. The number of aliphatic hydroxyl groups is 1. The van der Waals surface area contributed by atoms with E-state index in [1.807, 2.05) is 58.0 Å². The monoisotopic (exact) mass is 722 g/mol. The maximum atomic E-state index is 14.1. The lowest BCUT2D eigenvalue weighted by atomic mass is 9.97. The van der Waals surface area contributed by atoms with Crippen molar-refractivity contribution in [1.82, 2.24) is 19.4 Å². The van der Waals surface area contributed by atoms with Crippen LogP contribution in [0.1, 0.15) is 44.4 Å². The highest BCUT2D eigenvalue weighted by atomic mass is 32.2. The molecule has 0 aliphatic carbocycles. The number of benzene rings is 3. The number of rotatable bonds is 17. The van der Waals surface area contributed by atoms with Gasteiger partial charge in [-0.3, -0.25) is 14.9 Å². The average molecular weight is 723 g/mol. The first-order valence-electron chi connectivity index (χ1n) is 16.8. The minimum absolute atomic E-state index is 0.00355. The molecule has 51 heavy (non-hydrogen) atoms. The van der Waals surface area contributed by atoms with Gasteiger partial charge in [0, 0.05) is 44.9 Å². The van der Waals surface area contributed by atoms with Gasteiger partial charge in [0.2, 0.25) is 15.9 Å². The Morgan fingerprint density at radius 3 is 2.27 bits per heavy atom. The standard InChI is InChI=1S/C36H46N6O8S/c1-25(2)22-40(51(49,50)31-15-13-28(14-16-31)21-37-46)24-33(43)32(20-27-9-6-5-7-10-27)38-35(44)34(26(3)4)41-18-17-39(36(41)45)23-29-11-8-12-30(19-29)42(47)48/h5-16,19,21,25-26,32-34,43,46H,17-18,20,22-24H2,1-4H3,(H,38,44)/t32-,33+,34-/m0/s1. The number of nitro benzene ring substituents is 1. The van der Waals surface area contributed by atoms with Crippen molar-refractivity contribution >= 4 is 33.9 Å². The molecule has 0 aromatic heterocycles. The molecule has 3 N–H and O–H groups in total. The zero-order valence-corrected chi connectivity index (χ0v) is 30.0. The van der Waals surface area contributed by atoms with Crippen molar-refractivity contribution in [3.8, 4) is 0 Å². The third-order valence-corrected chi connectivity index (χ3v) is 10.5. The van der Waals surface area contributed by atoms with E-state index in [0.29, 0.717) is 17.7 Å². The first kappa shape index (κ1) is 38.9. The molecule has 274 valence electrons.